The summed E-state index contributed by atoms with van der Waals surface area (Å²) in [5, 5.41) is 62.0. The molecule has 0 heterocycles. The molecule has 10 atom stereocenters. The van der Waals surface area contributed by atoms with Crippen LogP contribution in [-0.4, -0.2) is 125 Å². The molecule has 0 radical (unpaired) electrons. The summed E-state index contributed by atoms with van der Waals surface area (Å²) in [5.74, 6) is -1.49. The Labute approximate surface area is 386 Å². The Hall–Kier alpha value is -1.86. The zero-order valence-electron chi connectivity index (χ0n) is 38.6. The van der Waals surface area contributed by atoms with Crippen LogP contribution < -0.4 is 0 Å². The second-order valence-corrected chi connectivity index (χ2v) is 19.4. The second-order valence-electron chi connectivity index (χ2n) is 16.8. The molecule has 380 valence electrons. The first-order valence-corrected chi connectivity index (χ1v) is 26.7. The van der Waals surface area contributed by atoms with E-state index in [1.54, 1.807) is 6.08 Å². The van der Waals surface area contributed by atoms with Crippen LogP contribution in [0.4, 0.5) is 0 Å². The summed E-state index contributed by atoms with van der Waals surface area (Å²) in [6.45, 7) is 2.82. The van der Waals surface area contributed by atoms with Gasteiger partial charge in [-0.1, -0.05) is 140 Å². The number of unbranched alkanes of at least 4 members (excludes halogenated alkanes) is 15. The van der Waals surface area contributed by atoms with Crippen LogP contribution in [0.25, 0.3) is 0 Å². The number of ether oxygens (including phenoxy) is 2. The number of aliphatic hydroxyl groups excluding tert-OH is 6. The van der Waals surface area contributed by atoms with Gasteiger partial charge in [0.25, 0.3) is 0 Å². The zero-order chi connectivity index (χ0) is 48.5. The van der Waals surface area contributed by atoms with Gasteiger partial charge in [0.15, 0.2) is 6.10 Å². The molecule has 20 heteroatoms. The lowest BCUT2D eigenvalue weighted by Gasteiger charge is -2.43. The molecule has 1 saturated carbocycles. The van der Waals surface area contributed by atoms with Gasteiger partial charge < -0.3 is 54.8 Å². The lowest BCUT2D eigenvalue weighted by Crippen LogP contribution is -2.64. The predicted octanol–water partition coefficient (Wildman–Crippen LogP) is 6.67. The molecule has 1 aliphatic rings. The summed E-state index contributed by atoms with van der Waals surface area (Å²) in [7, 11) is -10.8. The molecule has 0 bridgehead atoms. The smallest absolute Gasteiger partial charge is 0.462 e. The molecule has 0 amide bonds. The van der Waals surface area contributed by atoms with Gasteiger partial charge in [-0.25, -0.2) is 9.13 Å². The largest absolute Gasteiger partial charge is 0.472 e. The zero-order valence-corrected chi connectivity index (χ0v) is 40.4. The van der Waals surface area contributed by atoms with E-state index in [2.05, 4.69) is 36.6 Å². The third kappa shape index (κ3) is 30.3. The van der Waals surface area contributed by atoms with Crippen LogP contribution in [0, 0.1) is 0 Å². The first-order valence-electron chi connectivity index (χ1n) is 23.7. The number of hydrogen-bond donors (Lipinski definition) is 9. The van der Waals surface area contributed by atoms with Crippen molar-refractivity contribution in [2.24, 2.45) is 0 Å². The van der Waals surface area contributed by atoms with Crippen molar-refractivity contribution in [1.82, 2.24) is 0 Å². The van der Waals surface area contributed by atoms with Gasteiger partial charge in [0.1, 0.15) is 43.2 Å². The van der Waals surface area contributed by atoms with Crippen molar-refractivity contribution in [3.05, 3.63) is 36.5 Å². The number of aliphatic hydroxyl groups is 6. The highest BCUT2D eigenvalue weighted by molar-refractivity contribution is 7.47. The van der Waals surface area contributed by atoms with Crippen molar-refractivity contribution in [3.8, 4) is 0 Å². The minimum atomic E-state index is -5.39. The van der Waals surface area contributed by atoms with Crippen molar-refractivity contribution >= 4 is 27.6 Å². The number of carbonyl (C=O) groups is 2. The molecule has 9 N–H and O–H groups in total. The molecular formula is C45H82O18P2. The summed E-state index contributed by atoms with van der Waals surface area (Å²) in [4.78, 5) is 54.3. The molecule has 0 saturated heterocycles. The Bertz CT molecular complexity index is 1440. The third-order valence-electron chi connectivity index (χ3n) is 10.9. The molecule has 1 fully saturated rings. The van der Waals surface area contributed by atoms with Crippen LogP contribution in [0.2, 0.25) is 0 Å². The van der Waals surface area contributed by atoms with Gasteiger partial charge in [-0.3, -0.25) is 23.2 Å². The van der Waals surface area contributed by atoms with E-state index in [-0.39, 0.29) is 32.1 Å². The van der Waals surface area contributed by atoms with Gasteiger partial charge in [-0.05, 0) is 51.4 Å². The van der Waals surface area contributed by atoms with E-state index in [4.69, 9.17) is 28.3 Å². The maximum atomic E-state index is 13.0. The Morgan fingerprint density at radius 3 is 1.62 bits per heavy atom. The number of phosphoric acid groups is 2. The van der Waals surface area contributed by atoms with E-state index >= 15 is 0 Å². The normalized spacial score (nSPS) is 22.9. The van der Waals surface area contributed by atoms with Crippen molar-refractivity contribution in [1.29, 1.82) is 0 Å². The molecule has 0 aromatic heterocycles. The van der Waals surface area contributed by atoms with Crippen LogP contribution in [0.15, 0.2) is 36.5 Å². The first kappa shape index (κ1) is 61.2. The van der Waals surface area contributed by atoms with Crippen molar-refractivity contribution < 1.29 is 87.1 Å². The average molecular weight is 973 g/mol. The molecule has 65 heavy (non-hydrogen) atoms. The monoisotopic (exact) mass is 972 g/mol. The summed E-state index contributed by atoms with van der Waals surface area (Å²) >= 11 is 0. The fourth-order valence-electron chi connectivity index (χ4n) is 7.07. The highest BCUT2D eigenvalue weighted by Gasteiger charge is 2.54. The quantitative estimate of drug-likeness (QED) is 0.0134. The van der Waals surface area contributed by atoms with E-state index in [9.17, 15) is 54.3 Å². The number of carbonyl (C=O) groups excluding carboxylic acids is 2. The van der Waals surface area contributed by atoms with E-state index < -0.39 is 95.7 Å². The topological polar surface area (TPSA) is 296 Å². The van der Waals surface area contributed by atoms with Crippen LogP contribution in [0.5, 0.6) is 0 Å². The van der Waals surface area contributed by atoms with Crippen LogP contribution in [-0.2, 0) is 41.8 Å². The highest BCUT2D eigenvalue weighted by atomic mass is 31.2. The molecule has 1 rings (SSSR count). The Balaban J connectivity index is 2.70. The third-order valence-corrected chi connectivity index (χ3v) is 12.4. The van der Waals surface area contributed by atoms with E-state index in [0.717, 1.165) is 44.9 Å². The van der Waals surface area contributed by atoms with Gasteiger partial charge in [0.05, 0.1) is 18.8 Å². The molecule has 18 nitrogen and oxygen atoms in total. The Morgan fingerprint density at radius 2 is 1.05 bits per heavy atom. The van der Waals surface area contributed by atoms with Gasteiger partial charge >= 0.3 is 27.6 Å². The second kappa shape index (κ2) is 36.2. The Kier molecular flexibility index (Phi) is 34.0. The lowest BCUT2D eigenvalue weighted by atomic mass is 9.85. The van der Waals surface area contributed by atoms with Crippen molar-refractivity contribution in [2.45, 2.75) is 223 Å². The van der Waals surface area contributed by atoms with Gasteiger partial charge in [-0.15, -0.1) is 0 Å². The number of phosphoric ester groups is 2. The standard InChI is InChI=1S/C45H82O18P2/c1-3-5-7-9-11-13-15-17-19-21-23-25-27-31-39(49)61-35(34-60-65(57,58)63-45-42(52)40(50)41(51)44(43(45)53)62-64(54,55)56)33-59-38(48)32-28-30-37(47)36(46)29-26-24-22-20-18-16-14-12-10-8-6-4-2/h12,14,18,20,24,26,35-37,40-47,50-53H,3-11,13,15-17,19,21-23,25,27-34H2,1-2H3,(H,57,58)(H2,54,55,56)/b14-12-,20-18-,26-24-/t35-,36?,37?,40?,41?,42?,43?,44-,45+/m1/s1. The van der Waals surface area contributed by atoms with Crippen molar-refractivity contribution in [2.75, 3.05) is 13.2 Å². The SMILES string of the molecule is CCCCC/C=C\C/C=C\C/C=C\CC(O)C(O)CCCC(=O)OC[C@H](COP(=O)(O)O[C@H]1C(O)C(O)C(O)[C@@H](OP(=O)(O)O)C1O)OC(=O)CCCCCCCCCCCCCCC. The summed E-state index contributed by atoms with van der Waals surface area (Å²) in [6.07, 6.45) is 15.5. The Morgan fingerprint density at radius 1 is 0.554 bits per heavy atom. The number of hydrogen-bond acceptors (Lipinski definition) is 15. The van der Waals surface area contributed by atoms with Crippen LogP contribution >= 0.6 is 15.6 Å². The molecule has 0 aromatic rings. The van der Waals surface area contributed by atoms with Crippen LogP contribution in [0.3, 0.4) is 0 Å². The minimum absolute atomic E-state index is 0.0138. The maximum absolute atomic E-state index is 13.0. The summed E-state index contributed by atoms with van der Waals surface area (Å²) in [6, 6.07) is 0. The maximum Gasteiger partial charge on any atom is 0.472 e. The van der Waals surface area contributed by atoms with E-state index in [1.807, 2.05) is 12.2 Å². The predicted molar refractivity (Wildman–Crippen MR) is 244 cm³/mol. The van der Waals surface area contributed by atoms with Gasteiger partial charge in [0.2, 0.25) is 0 Å². The van der Waals surface area contributed by atoms with E-state index in [0.29, 0.717) is 12.8 Å². The highest BCUT2D eigenvalue weighted by Crippen LogP contribution is 2.49. The number of allylic oxidation sites excluding steroid dienone is 5. The lowest BCUT2D eigenvalue weighted by molar-refractivity contribution is -0.216. The van der Waals surface area contributed by atoms with Crippen molar-refractivity contribution in [3.63, 3.8) is 0 Å². The number of esters is 2. The summed E-state index contributed by atoms with van der Waals surface area (Å²) in [5.41, 5.74) is 0. The molecule has 0 spiro atoms. The fourth-order valence-corrected chi connectivity index (χ4v) is 8.61. The molecular weight excluding hydrogens is 890 g/mol. The fraction of sp³-hybridized carbons (Fsp3) is 0.822. The average Bonchev–Trinajstić information content (AvgIpc) is 3.25. The number of rotatable bonds is 39. The molecule has 1 aliphatic carbocycles. The minimum Gasteiger partial charge on any atom is -0.462 e. The molecule has 0 aromatic carbocycles. The van der Waals surface area contributed by atoms with Gasteiger partial charge in [0, 0.05) is 12.8 Å². The molecule has 0 aliphatic heterocycles. The van der Waals surface area contributed by atoms with E-state index in [1.165, 1.54) is 64.2 Å². The van der Waals surface area contributed by atoms with Crippen LogP contribution in [0.1, 0.15) is 168 Å². The summed E-state index contributed by atoms with van der Waals surface area (Å²) < 4.78 is 49.1. The molecule has 7 unspecified atom stereocenters. The first-order chi connectivity index (χ1) is 30.9. The van der Waals surface area contributed by atoms with Gasteiger partial charge in [-0.2, -0.15) is 0 Å².